The van der Waals surface area contributed by atoms with Crippen LogP contribution in [0.15, 0.2) is 72.9 Å². The van der Waals surface area contributed by atoms with Crippen LogP contribution in [-0.4, -0.2) is 87.4 Å². The molecule has 0 rings (SSSR count). The molecule has 9 heteroatoms. The van der Waals surface area contributed by atoms with Crippen LogP contribution in [0.5, 0.6) is 0 Å². The van der Waals surface area contributed by atoms with Gasteiger partial charge in [0.05, 0.1) is 34.4 Å². The van der Waals surface area contributed by atoms with Crippen LogP contribution in [0.2, 0.25) is 0 Å². The van der Waals surface area contributed by atoms with Crippen LogP contribution in [0.1, 0.15) is 284 Å². The zero-order valence-electron chi connectivity index (χ0n) is 50.9. The summed E-state index contributed by atoms with van der Waals surface area (Å²) in [6, 6.07) is 0. The molecule has 0 fully saturated rings. The van der Waals surface area contributed by atoms with E-state index < -0.39 is 24.3 Å². The largest absolute Gasteiger partial charge is 0.477 e. The minimum atomic E-state index is -1.52. The summed E-state index contributed by atoms with van der Waals surface area (Å²) in [5.41, 5.74) is 0. The summed E-state index contributed by atoms with van der Waals surface area (Å²) in [6.45, 7) is 4.85. The van der Waals surface area contributed by atoms with Gasteiger partial charge in [0.15, 0.2) is 6.10 Å². The molecule has 0 aliphatic carbocycles. The quantitative estimate of drug-likeness (QED) is 0.0211. The molecule has 0 bridgehead atoms. The number of quaternary nitrogens is 1. The number of likely N-dealkylation sites (N-methyl/N-ethyl adjacent to an activating group) is 1. The molecule has 0 aromatic rings. The molecule has 2 unspecified atom stereocenters. The molecule has 2 atom stereocenters. The first-order valence-corrected chi connectivity index (χ1v) is 32.1. The third-order valence-corrected chi connectivity index (χ3v) is 13.9. The van der Waals surface area contributed by atoms with Crippen LogP contribution >= 0.6 is 0 Å². The number of carbonyl (C=O) groups is 3. The summed E-state index contributed by atoms with van der Waals surface area (Å²) in [7, 11) is 5.97. The summed E-state index contributed by atoms with van der Waals surface area (Å²) in [6.07, 6.45) is 74.2. The Morgan fingerprint density at radius 3 is 1.06 bits per heavy atom. The van der Waals surface area contributed by atoms with E-state index in [9.17, 15) is 19.5 Å². The number of carboxylic acids is 1. The Hall–Kier alpha value is -3.27. The second-order valence-electron chi connectivity index (χ2n) is 22.7. The van der Waals surface area contributed by atoms with E-state index in [1.165, 1.54) is 180 Å². The molecular weight excluding hydrogens is 959 g/mol. The Kier molecular flexibility index (Phi) is 56.4. The molecular formula is C68H122NO8+. The molecule has 0 aromatic carbocycles. The zero-order chi connectivity index (χ0) is 56.2. The lowest BCUT2D eigenvalue weighted by Crippen LogP contribution is -2.40. The maximum Gasteiger partial charge on any atom is 0.361 e. The standard InChI is InChI=1S/C68H121NO8/c1-6-8-10-12-14-16-18-20-22-24-26-27-28-29-30-31-32-33-34-35-36-37-38-39-41-43-45-47-49-51-53-55-57-59-66(71)77-64(63-76-68(67(72)73)74-61-60-69(3,4)5)62-75-65(70)58-56-54-52-50-48-46-44-42-40-25-23-21-19-17-15-13-11-9-7-2/h15,17-18,20-21,23-24,26,28-29,40,42,64,68H,6-14,16,19,22,25,27,30-39,41,43-63H2,1-5H3/p+1/b17-15-,20-18-,23-21-,26-24-,29-28-,42-40-. The molecule has 0 aliphatic rings. The molecule has 9 nitrogen and oxygen atoms in total. The number of ether oxygens (including phenoxy) is 4. The molecule has 0 saturated carbocycles. The first-order chi connectivity index (χ1) is 37.6. The van der Waals surface area contributed by atoms with Crippen molar-refractivity contribution >= 4 is 17.9 Å². The Balaban J connectivity index is 4.13. The highest BCUT2D eigenvalue weighted by Gasteiger charge is 2.25. The van der Waals surface area contributed by atoms with Crippen LogP contribution in [0.25, 0.3) is 0 Å². The third kappa shape index (κ3) is 60.2. The molecule has 0 heterocycles. The number of unbranched alkanes of at least 4 members (excludes halogenated alkanes) is 32. The maximum absolute atomic E-state index is 12.9. The van der Waals surface area contributed by atoms with Gasteiger partial charge < -0.3 is 28.5 Å². The molecule has 0 aromatic heterocycles. The van der Waals surface area contributed by atoms with Gasteiger partial charge in [-0.2, -0.15) is 0 Å². The Labute approximate surface area is 475 Å². The fourth-order valence-electron chi connectivity index (χ4n) is 8.97. The SMILES string of the molecule is CCCCC/C=C\C/C=C\C/C=C\CCCCCCCCC(=O)OCC(COC(OCC[N+](C)(C)C)C(=O)O)OC(=O)CCCCCCCCCCCCCCCCCCCC/C=C\C/C=C\C/C=C\CCCCCCC. The number of carbonyl (C=O) groups excluding carboxylic acids is 2. The first kappa shape index (κ1) is 73.7. The number of allylic oxidation sites excluding steroid dienone is 12. The van der Waals surface area contributed by atoms with Crippen molar-refractivity contribution in [3.63, 3.8) is 0 Å². The summed E-state index contributed by atoms with van der Waals surface area (Å²) in [4.78, 5) is 37.5. The summed E-state index contributed by atoms with van der Waals surface area (Å²) >= 11 is 0. The summed E-state index contributed by atoms with van der Waals surface area (Å²) < 4.78 is 22.9. The van der Waals surface area contributed by atoms with Gasteiger partial charge >= 0.3 is 17.9 Å². The van der Waals surface area contributed by atoms with Crippen LogP contribution in [0.3, 0.4) is 0 Å². The van der Waals surface area contributed by atoms with Crippen molar-refractivity contribution in [3.05, 3.63) is 72.9 Å². The predicted octanol–water partition coefficient (Wildman–Crippen LogP) is 19.4. The normalized spacial score (nSPS) is 13.2. The van der Waals surface area contributed by atoms with Gasteiger partial charge in [0.1, 0.15) is 13.2 Å². The second kappa shape index (κ2) is 58.9. The van der Waals surface area contributed by atoms with Crippen molar-refractivity contribution in [2.45, 2.75) is 296 Å². The second-order valence-corrected chi connectivity index (χ2v) is 22.7. The van der Waals surface area contributed by atoms with Crippen molar-refractivity contribution < 1.29 is 42.9 Å². The Bertz CT molecular complexity index is 1490. The van der Waals surface area contributed by atoms with Gasteiger partial charge in [-0.15, -0.1) is 0 Å². The van der Waals surface area contributed by atoms with Gasteiger partial charge in [0.25, 0.3) is 6.29 Å². The van der Waals surface area contributed by atoms with Gasteiger partial charge in [-0.25, -0.2) is 4.79 Å². The van der Waals surface area contributed by atoms with Gasteiger partial charge in [0.2, 0.25) is 0 Å². The fourth-order valence-corrected chi connectivity index (χ4v) is 8.97. The highest BCUT2D eigenvalue weighted by Crippen LogP contribution is 2.17. The van der Waals surface area contributed by atoms with E-state index >= 15 is 0 Å². The average Bonchev–Trinajstić information content (AvgIpc) is 3.40. The van der Waals surface area contributed by atoms with Crippen molar-refractivity contribution in [2.75, 3.05) is 47.5 Å². The lowest BCUT2D eigenvalue weighted by Gasteiger charge is -2.25. The number of carboxylic acid groups (broad SMARTS) is 1. The molecule has 1 N–H and O–H groups in total. The van der Waals surface area contributed by atoms with Crippen LogP contribution in [-0.2, 0) is 33.3 Å². The number of nitrogens with zero attached hydrogens (tertiary/aromatic N) is 1. The summed E-state index contributed by atoms with van der Waals surface area (Å²) in [5.74, 6) is -2.01. The minimum absolute atomic E-state index is 0.184. The molecule has 446 valence electrons. The monoisotopic (exact) mass is 1080 g/mol. The Morgan fingerprint density at radius 2 is 0.701 bits per heavy atom. The minimum Gasteiger partial charge on any atom is -0.477 e. The van der Waals surface area contributed by atoms with E-state index in [0.29, 0.717) is 11.0 Å². The summed E-state index contributed by atoms with van der Waals surface area (Å²) in [5, 5.41) is 9.72. The van der Waals surface area contributed by atoms with E-state index in [-0.39, 0.29) is 38.6 Å². The lowest BCUT2D eigenvalue weighted by molar-refractivity contribution is -0.870. The van der Waals surface area contributed by atoms with E-state index in [1.54, 1.807) is 0 Å². The number of rotatable bonds is 59. The molecule has 0 spiro atoms. The first-order valence-electron chi connectivity index (χ1n) is 32.1. The number of hydrogen-bond acceptors (Lipinski definition) is 7. The Morgan fingerprint density at radius 1 is 0.390 bits per heavy atom. The van der Waals surface area contributed by atoms with E-state index in [1.807, 2.05) is 21.1 Å². The van der Waals surface area contributed by atoms with Gasteiger partial charge in [-0.05, 0) is 89.9 Å². The third-order valence-electron chi connectivity index (χ3n) is 13.9. The van der Waals surface area contributed by atoms with Crippen LogP contribution < -0.4 is 0 Å². The average molecular weight is 1080 g/mol. The molecule has 0 amide bonds. The fraction of sp³-hybridized carbons (Fsp3) is 0.779. The van der Waals surface area contributed by atoms with Gasteiger partial charge in [-0.1, -0.05) is 254 Å². The maximum atomic E-state index is 12.9. The van der Waals surface area contributed by atoms with Crippen molar-refractivity contribution in [1.82, 2.24) is 0 Å². The highest BCUT2D eigenvalue weighted by molar-refractivity contribution is 5.71. The molecule has 0 saturated heterocycles. The zero-order valence-corrected chi connectivity index (χ0v) is 50.9. The van der Waals surface area contributed by atoms with E-state index in [4.69, 9.17) is 18.9 Å². The van der Waals surface area contributed by atoms with Gasteiger partial charge in [0, 0.05) is 12.8 Å². The topological polar surface area (TPSA) is 108 Å². The van der Waals surface area contributed by atoms with Gasteiger partial charge in [-0.3, -0.25) is 9.59 Å². The van der Waals surface area contributed by atoms with E-state index in [0.717, 1.165) is 77.0 Å². The number of esters is 2. The molecule has 0 radical (unpaired) electrons. The van der Waals surface area contributed by atoms with Crippen molar-refractivity contribution in [3.8, 4) is 0 Å². The van der Waals surface area contributed by atoms with Crippen LogP contribution in [0, 0.1) is 0 Å². The highest BCUT2D eigenvalue weighted by atomic mass is 16.7. The lowest BCUT2D eigenvalue weighted by atomic mass is 10.0. The van der Waals surface area contributed by atoms with Crippen molar-refractivity contribution in [1.29, 1.82) is 0 Å². The van der Waals surface area contributed by atoms with E-state index in [2.05, 4.69) is 86.8 Å². The van der Waals surface area contributed by atoms with Crippen LogP contribution in [0.4, 0.5) is 0 Å². The number of hydrogen-bond donors (Lipinski definition) is 1. The predicted molar refractivity (Wildman–Crippen MR) is 327 cm³/mol. The molecule has 0 aliphatic heterocycles. The molecule has 77 heavy (non-hydrogen) atoms. The van der Waals surface area contributed by atoms with Crippen molar-refractivity contribution in [2.24, 2.45) is 0 Å². The smallest absolute Gasteiger partial charge is 0.361 e. The number of aliphatic carboxylic acids is 1.